The van der Waals surface area contributed by atoms with E-state index in [9.17, 15) is 0 Å². The second kappa shape index (κ2) is 15.4. The van der Waals surface area contributed by atoms with Crippen LogP contribution in [0.3, 0.4) is 0 Å². The Bertz CT molecular complexity index is 573. The highest BCUT2D eigenvalue weighted by molar-refractivity contribution is 14.0. The van der Waals surface area contributed by atoms with Gasteiger partial charge in [-0.25, -0.2) is 4.98 Å². The quantitative estimate of drug-likeness (QED) is 0.195. The molecule has 2 rings (SSSR count). The van der Waals surface area contributed by atoms with Crippen molar-refractivity contribution in [1.29, 1.82) is 0 Å². The van der Waals surface area contributed by atoms with Gasteiger partial charge in [-0.3, -0.25) is 9.89 Å². The number of aromatic nitrogens is 1. The van der Waals surface area contributed by atoms with Crippen molar-refractivity contribution in [3.05, 3.63) is 16.1 Å². The van der Waals surface area contributed by atoms with E-state index in [1.165, 1.54) is 17.8 Å². The molecule has 0 aromatic carbocycles. The smallest absolute Gasteiger partial charge is 0.191 e. The van der Waals surface area contributed by atoms with Gasteiger partial charge in [0.05, 0.1) is 18.2 Å². The Morgan fingerprint density at radius 3 is 2.55 bits per heavy atom. The zero-order valence-corrected chi connectivity index (χ0v) is 21.7. The molecule has 2 heterocycles. The van der Waals surface area contributed by atoms with Crippen LogP contribution in [0.25, 0.3) is 0 Å². The molecule has 0 aliphatic carbocycles. The second-order valence-corrected chi connectivity index (χ2v) is 8.45. The summed E-state index contributed by atoms with van der Waals surface area (Å²) < 4.78 is 5.55. The molecule has 6 nitrogen and oxygen atoms in total. The summed E-state index contributed by atoms with van der Waals surface area (Å²) in [5.41, 5.74) is 1.13. The SMILES string of the molecule is CCC(CC)C(CNC(=NC)NCCCCc1nc(C)cs1)N1CCOCC1.I. The summed E-state index contributed by atoms with van der Waals surface area (Å²) >= 11 is 1.77. The molecule has 1 aliphatic rings. The number of morpholine rings is 1. The average Bonchev–Trinajstić information content (AvgIpc) is 3.14. The van der Waals surface area contributed by atoms with E-state index >= 15 is 0 Å². The molecule has 0 spiro atoms. The lowest BCUT2D eigenvalue weighted by molar-refractivity contribution is 0.00272. The van der Waals surface area contributed by atoms with Crippen molar-refractivity contribution in [3.8, 4) is 0 Å². The number of aryl methyl sites for hydroxylation is 2. The Hall–Kier alpha value is -0.450. The number of halogens is 1. The minimum Gasteiger partial charge on any atom is -0.379 e. The van der Waals surface area contributed by atoms with Crippen molar-refractivity contribution in [1.82, 2.24) is 20.5 Å². The van der Waals surface area contributed by atoms with Gasteiger partial charge in [0.1, 0.15) is 0 Å². The maximum absolute atomic E-state index is 5.55. The number of unbranched alkanes of at least 4 members (excludes halogenated alkanes) is 1. The first-order valence-corrected chi connectivity index (χ1v) is 11.7. The minimum absolute atomic E-state index is 0. The molecule has 168 valence electrons. The third kappa shape index (κ3) is 9.48. The number of thiazole rings is 1. The molecule has 8 heteroatoms. The van der Waals surface area contributed by atoms with Crippen molar-refractivity contribution in [3.63, 3.8) is 0 Å². The molecule has 1 saturated heterocycles. The predicted molar refractivity (Wildman–Crippen MR) is 135 cm³/mol. The van der Waals surface area contributed by atoms with Gasteiger partial charge in [-0.1, -0.05) is 26.7 Å². The van der Waals surface area contributed by atoms with E-state index in [1.807, 2.05) is 7.05 Å². The lowest BCUT2D eigenvalue weighted by Gasteiger charge is -2.39. The Morgan fingerprint density at radius 2 is 1.97 bits per heavy atom. The van der Waals surface area contributed by atoms with Crippen LogP contribution < -0.4 is 10.6 Å². The first-order chi connectivity index (χ1) is 13.7. The highest BCUT2D eigenvalue weighted by Gasteiger charge is 2.26. The molecule has 0 saturated carbocycles. The van der Waals surface area contributed by atoms with Crippen LogP contribution in [-0.2, 0) is 11.2 Å². The summed E-state index contributed by atoms with van der Waals surface area (Å²) in [6.07, 6.45) is 5.77. The number of nitrogens with one attached hydrogen (secondary N) is 2. The number of hydrogen-bond acceptors (Lipinski definition) is 5. The van der Waals surface area contributed by atoms with Gasteiger partial charge in [-0.2, -0.15) is 0 Å². The van der Waals surface area contributed by atoms with Gasteiger partial charge >= 0.3 is 0 Å². The normalized spacial score (nSPS) is 16.5. The molecular weight excluding hydrogens is 497 g/mol. The summed E-state index contributed by atoms with van der Waals surface area (Å²) in [7, 11) is 1.86. The van der Waals surface area contributed by atoms with Gasteiger partial charge in [-0.05, 0) is 32.1 Å². The summed E-state index contributed by atoms with van der Waals surface area (Å²) in [5.74, 6) is 1.61. The van der Waals surface area contributed by atoms with Crippen molar-refractivity contribution in [2.45, 2.75) is 58.9 Å². The topological polar surface area (TPSA) is 61.8 Å². The summed E-state index contributed by atoms with van der Waals surface area (Å²) in [6.45, 7) is 12.3. The van der Waals surface area contributed by atoms with Crippen molar-refractivity contribution in [2.75, 3.05) is 46.4 Å². The first-order valence-electron chi connectivity index (χ1n) is 10.8. The zero-order valence-electron chi connectivity index (χ0n) is 18.6. The van der Waals surface area contributed by atoms with E-state index in [0.717, 1.165) is 70.3 Å². The monoisotopic (exact) mass is 537 g/mol. The lowest BCUT2D eigenvalue weighted by atomic mass is 9.92. The van der Waals surface area contributed by atoms with E-state index in [1.54, 1.807) is 11.3 Å². The van der Waals surface area contributed by atoms with Crippen LogP contribution in [0.1, 0.15) is 50.2 Å². The molecule has 0 bridgehead atoms. The van der Waals surface area contributed by atoms with Gasteiger partial charge in [0.25, 0.3) is 0 Å². The number of guanidine groups is 1. The molecule has 1 aromatic rings. The lowest BCUT2D eigenvalue weighted by Crippen LogP contribution is -2.53. The third-order valence-electron chi connectivity index (χ3n) is 5.59. The van der Waals surface area contributed by atoms with Crippen molar-refractivity contribution in [2.24, 2.45) is 10.9 Å². The molecule has 1 unspecified atom stereocenters. The van der Waals surface area contributed by atoms with Crippen LogP contribution in [0.4, 0.5) is 0 Å². The largest absolute Gasteiger partial charge is 0.379 e. The summed E-state index contributed by atoms with van der Waals surface area (Å²) in [6, 6.07) is 0.533. The Kier molecular flexibility index (Phi) is 14.1. The van der Waals surface area contributed by atoms with Gasteiger partial charge in [-0.15, -0.1) is 35.3 Å². The Morgan fingerprint density at radius 1 is 1.24 bits per heavy atom. The van der Waals surface area contributed by atoms with Gasteiger partial charge < -0.3 is 15.4 Å². The van der Waals surface area contributed by atoms with E-state index in [0.29, 0.717) is 12.0 Å². The number of nitrogens with zero attached hydrogens (tertiary/aromatic N) is 3. The molecule has 1 aromatic heterocycles. The molecule has 2 N–H and O–H groups in total. The third-order valence-corrected chi connectivity index (χ3v) is 6.61. The standard InChI is InChI=1S/C21H39N5OS.HI/c1-5-18(6-2)19(26-11-13-27-14-12-26)15-24-21(22-4)23-10-8-7-9-20-25-17(3)16-28-20;/h16,18-19H,5-15H2,1-4H3,(H2,22,23,24);1H. The van der Waals surface area contributed by atoms with E-state index in [4.69, 9.17) is 4.74 Å². The molecule has 1 aliphatic heterocycles. The molecular formula is C21H40IN5OS. The Labute approximate surface area is 198 Å². The van der Waals surface area contributed by atoms with Crippen molar-refractivity contribution < 1.29 is 4.74 Å². The van der Waals surface area contributed by atoms with Gasteiger partial charge in [0, 0.05) is 50.3 Å². The fourth-order valence-electron chi connectivity index (χ4n) is 3.88. The average molecular weight is 538 g/mol. The summed E-state index contributed by atoms with van der Waals surface area (Å²) in [4.78, 5) is 11.5. The van der Waals surface area contributed by atoms with Crippen LogP contribution in [0, 0.1) is 12.8 Å². The molecule has 0 amide bonds. The number of ether oxygens (including phenoxy) is 1. The van der Waals surface area contributed by atoms with Gasteiger partial charge in [0.2, 0.25) is 0 Å². The summed E-state index contributed by atoms with van der Waals surface area (Å²) in [5, 5.41) is 10.4. The Balaban J connectivity index is 0.00000420. The highest BCUT2D eigenvalue weighted by atomic mass is 127. The fourth-order valence-corrected chi connectivity index (χ4v) is 4.70. The van der Waals surface area contributed by atoms with E-state index in [-0.39, 0.29) is 24.0 Å². The molecule has 1 atom stereocenters. The maximum atomic E-state index is 5.55. The van der Waals surface area contributed by atoms with Crippen molar-refractivity contribution >= 4 is 41.3 Å². The molecule has 29 heavy (non-hydrogen) atoms. The van der Waals surface area contributed by atoms with Crippen LogP contribution in [-0.4, -0.2) is 68.3 Å². The van der Waals surface area contributed by atoms with E-state index < -0.39 is 0 Å². The fraction of sp³-hybridized carbons (Fsp3) is 0.810. The van der Waals surface area contributed by atoms with Crippen LogP contribution >= 0.6 is 35.3 Å². The number of rotatable bonds is 11. The number of hydrogen-bond donors (Lipinski definition) is 2. The zero-order chi connectivity index (χ0) is 20.2. The maximum Gasteiger partial charge on any atom is 0.191 e. The van der Waals surface area contributed by atoms with Crippen LogP contribution in [0.15, 0.2) is 10.4 Å². The first kappa shape index (κ1) is 26.6. The molecule has 1 fully saturated rings. The predicted octanol–water partition coefficient (Wildman–Crippen LogP) is 3.69. The highest BCUT2D eigenvalue weighted by Crippen LogP contribution is 2.19. The number of aliphatic imine (C=N–C) groups is 1. The minimum atomic E-state index is 0. The van der Waals surface area contributed by atoms with Crippen LogP contribution in [0.2, 0.25) is 0 Å². The van der Waals surface area contributed by atoms with Gasteiger partial charge in [0.15, 0.2) is 5.96 Å². The van der Waals surface area contributed by atoms with Crippen LogP contribution in [0.5, 0.6) is 0 Å². The molecule has 0 radical (unpaired) electrons. The van der Waals surface area contributed by atoms with E-state index in [2.05, 4.69) is 51.7 Å². The second-order valence-electron chi connectivity index (χ2n) is 7.51.